The summed E-state index contributed by atoms with van der Waals surface area (Å²) in [6.07, 6.45) is 6.66. The number of nitrogens with one attached hydrogen (secondary N) is 1. The standard InChI is InChI=1S/C12H8BrClN2S2.C6H13N/c13-8-6-18-12-9(4-10(14)16-11(8)12)15-5-7-2-1-3-17-7;7-6-4-2-1-3-5-6/h1-4,6H,5H2,(H,15,16);6H,1-5,7H2. The van der Waals surface area contributed by atoms with E-state index in [1.54, 1.807) is 22.7 Å². The average Bonchev–Trinajstić information content (AvgIpc) is 3.25. The van der Waals surface area contributed by atoms with Gasteiger partial charge in [-0.05, 0) is 40.2 Å². The van der Waals surface area contributed by atoms with Crippen LogP contribution >= 0.6 is 50.2 Å². The third-order valence-corrected chi connectivity index (χ3v) is 7.11. The molecule has 134 valence electrons. The molecule has 0 spiro atoms. The number of rotatable bonds is 3. The maximum Gasteiger partial charge on any atom is 0.131 e. The Bertz CT molecular complexity index is 798. The van der Waals surface area contributed by atoms with Crippen LogP contribution in [0.25, 0.3) is 10.2 Å². The molecule has 0 bridgehead atoms. The third kappa shape index (κ3) is 5.41. The van der Waals surface area contributed by atoms with Crippen LogP contribution in [-0.2, 0) is 6.54 Å². The number of fused-ring (bicyclic) bond motifs is 1. The van der Waals surface area contributed by atoms with Crippen LogP contribution in [0.2, 0.25) is 5.15 Å². The quantitative estimate of drug-likeness (QED) is 0.431. The van der Waals surface area contributed by atoms with Crippen LogP contribution in [0.5, 0.6) is 0 Å². The summed E-state index contributed by atoms with van der Waals surface area (Å²) in [6.45, 7) is 0.808. The Labute approximate surface area is 169 Å². The Morgan fingerprint density at radius 1 is 1.28 bits per heavy atom. The van der Waals surface area contributed by atoms with Crippen LogP contribution in [0, 0.1) is 0 Å². The fraction of sp³-hybridized carbons (Fsp3) is 0.389. The van der Waals surface area contributed by atoms with Crippen LogP contribution in [-0.4, -0.2) is 11.0 Å². The third-order valence-electron chi connectivity index (χ3n) is 4.13. The van der Waals surface area contributed by atoms with Gasteiger partial charge in [0.1, 0.15) is 5.15 Å². The van der Waals surface area contributed by atoms with E-state index in [2.05, 4.69) is 43.7 Å². The molecule has 1 fully saturated rings. The molecule has 0 amide bonds. The van der Waals surface area contributed by atoms with Gasteiger partial charge in [-0.3, -0.25) is 0 Å². The number of hydrogen-bond acceptors (Lipinski definition) is 5. The van der Waals surface area contributed by atoms with Crippen LogP contribution in [0.1, 0.15) is 37.0 Å². The number of nitrogens with two attached hydrogens (primary N) is 1. The molecule has 3 aromatic heterocycles. The van der Waals surface area contributed by atoms with E-state index in [4.69, 9.17) is 17.3 Å². The van der Waals surface area contributed by atoms with E-state index in [1.807, 2.05) is 11.4 Å². The van der Waals surface area contributed by atoms with Crippen molar-refractivity contribution in [1.82, 2.24) is 4.98 Å². The molecule has 0 aliphatic heterocycles. The van der Waals surface area contributed by atoms with Crippen LogP contribution < -0.4 is 11.1 Å². The number of anilines is 1. The molecule has 3 heterocycles. The molecule has 0 saturated heterocycles. The number of hydrogen-bond donors (Lipinski definition) is 2. The van der Waals surface area contributed by atoms with E-state index in [1.165, 1.54) is 37.0 Å². The Hall–Kier alpha value is -0.660. The highest BCUT2D eigenvalue weighted by Crippen LogP contribution is 2.35. The Balaban J connectivity index is 0.000000219. The lowest BCUT2D eigenvalue weighted by Crippen LogP contribution is -2.22. The van der Waals surface area contributed by atoms with Gasteiger partial charge in [-0.15, -0.1) is 22.7 Å². The number of halogens is 2. The molecule has 0 atom stereocenters. The molecular formula is C18H21BrClN3S2. The van der Waals surface area contributed by atoms with Crippen LogP contribution in [0.3, 0.4) is 0 Å². The molecule has 7 heteroatoms. The minimum absolute atomic E-state index is 0.510. The Kier molecular flexibility index (Phi) is 7.13. The van der Waals surface area contributed by atoms with E-state index in [0.717, 1.165) is 26.9 Å². The van der Waals surface area contributed by atoms with Crippen molar-refractivity contribution in [1.29, 1.82) is 0 Å². The zero-order valence-electron chi connectivity index (χ0n) is 13.8. The zero-order valence-corrected chi connectivity index (χ0v) is 17.8. The largest absolute Gasteiger partial charge is 0.379 e. The molecule has 3 nitrogen and oxygen atoms in total. The molecule has 1 aliphatic carbocycles. The van der Waals surface area contributed by atoms with Crippen molar-refractivity contribution < 1.29 is 0 Å². The van der Waals surface area contributed by atoms with Gasteiger partial charge in [0, 0.05) is 28.9 Å². The predicted molar refractivity (Wildman–Crippen MR) is 115 cm³/mol. The summed E-state index contributed by atoms with van der Waals surface area (Å²) >= 11 is 12.9. The van der Waals surface area contributed by atoms with E-state index >= 15 is 0 Å². The number of nitrogens with zero attached hydrogens (tertiary/aromatic N) is 1. The first-order chi connectivity index (χ1) is 12.1. The summed E-state index contributed by atoms with van der Waals surface area (Å²) in [5, 5.41) is 8.04. The topological polar surface area (TPSA) is 50.9 Å². The number of pyridine rings is 1. The van der Waals surface area contributed by atoms with Gasteiger partial charge in [-0.1, -0.05) is 36.9 Å². The van der Waals surface area contributed by atoms with Gasteiger partial charge in [0.25, 0.3) is 0 Å². The van der Waals surface area contributed by atoms with Gasteiger partial charge in [0.15, 0.2) is 0 Å². The molecule has 3 N–H and O–H groups in total. The maximum atomic E-state index is 6.05. The molecule has 0 unspecified atom stereocenters. The van der Waals surface area contributed by atoms with Gasteiger partial charge in [0.05, 0.1) is 20.4 Å². The minimum Gasteiger partial charge on any atom is -0.379 e. The van der Waals surface area contributed by atoms with Gasteiger partial charge >= 0.3 is 0 Å². The van der Waals surface area contributed by atoms with Gasteiger partial charge in [-0.25, -0.2) is 4.98 Å². The Morgan fingerprint density at radius 2 is 2.08 bits per heavy atom. The van der Waals surface area contributed by atoms with E-state index in [9.17, 15) is 0 Å². The van der Waals surface area contributed by atoms with Gasteiger partial charge in [-0.2, -0.15) is 0 Å². The maximum absolute atomic E-state index is 6.05. The normalized spacial score (nSPS) is 15.0. The average molecular weight is 459 g/mol. The van der Waals surface area contributed by atoms with Crippen LogP contribution in [0.4, 0.5) is 5.69 Å². The van der Waals surface area contributed by atoms with E-state index in [-0.39, 0.29) is 0 Å². The Morgan fingerprint density at radius 3 is 2.72 bits per heavy atom. The molecule has 3 aromatic rings. The molecule has 0 aromatic carbocycles. The fourth-order valence-corrected chi connectivity index (χ4v) is 5.21. The summed E-state index contributed by atoms with van der Waals surface area (Å²) in [7, 11) is 0. The second kappa shape index (κ2) is 9.33. The molecule has 1 aliphatic rings. The van der Waals surface area contributed by atoms with E-state index < -0.39 is 0 Å². The van der Waals surface area contributed by atoms with Crippen LogP contribution in [0.15, 0.2) is 33.4 Å². The first kappa shape index (κ1) is 19.1. The molecule has 4 rings (SSSR count). The van der Waals surface area contributed by atoms with Crippen molar-refractivity contribution >= 4 is 66.1 Å². The summed E-state index contributed by atoms with van der Waals surface area (Å²) in [6, 6.07) is 6.58. The second-order valence-corrected chi connectivity index (χ2v) is 9.24. The lowest BCUT2D eigenvalue weighted by atomic mass is 9.97. The molecule has 0 radical (unpaired) electrons. The van der Waals surface area contributed by atoms with Crippen molar-refractivity contribution in [2.75, 3.05) is 5.32 Å². The predicted octanol–water partition coefficient (Wildman–Crippen LogP) is 6.66. The molecule has 1 saturated carbocycles. The van der Waals surface area contributed by atoms with Gasteiger partial charge in [0.2, 0.25) is 0 Å². The molecular weight excluding hydrogens is 438 g/mol. The monoisotopic (exact) mass is 457 g/mol. The van der Waals surface area contributed by atoms with Crippen molar-refractivity contribution in [2.24, 2.45) is 5.73 Å². The van der Waals surface area contributed by atoms with E-state index in [0.29, 0.717) is 11.2 Å². The molecule has 25 heavy (non-hydrogen) atoms. The fourth-order valence-electron chi connectivity index (χ4n) is 2.81. The van der Waals surface area contributed by atoms with Crippen molar-refractivity contribution in [3.8, 4) is 0 Å². The second-order valence-electron chi connectivity index (χ2n) is 6.08. The summed E-state index contributed by atoms with van der Waals surface area (Å²) in [5.41, 5.74) is 7.59. The highest BCUT2D eigenvalue weighted by atomic mass is 79.9. The van der Waals surface area contributed by atoms with Crippen molar-refractivity contribution in [3.63, 3.8) is 0 Å². The lowest BCUT2D eigenvalue weighted by Gasteiger charge is -2.15. The number of thiophene rings is 2. The summed E-state index contributed by atoms with van der Waals surface area (Å²) in [4.78, 5) is 5.63. The highest BCUT2D eigenvalue weighted by Gasteiger charge is 2.10. The van der Waals surface area contributed by atoms with Crippen molar-refractivity contribution in [3.05, 3.63) is 43.5 Å². The first-order valence-electron chi connectivity index (χ1n) is 8.38. The first-order valence-corrected chi connectivity index (χ1v) is 11.3. The summed E-state index contributed by atoms with van der Waals surface area (Å²) in [5.74, 6) is 0. The SMILES string of the molecule is Clc1cc(NCc2cccs2)c2scc(Br)c2n1.NC1CCCCC1. The zero-order chi connectivity index (χ0) is 17.6. The smallest absolute Gasteiger partial charge is 0.131 e. The minimum atomic E-state index is 0.510. The highest BCUT2D eigenvalue weighted by molar-refractivity contribution is 9.10. The number of aromatic nitrogens is 1. The van der Waals surface area contributed by atoms with Gasteiger partial charge < -0.3 is 11.1 Å². The lowest BCUT2D eigenvalue weighted by molar-refractivity contribution is 0.441. The van der Waals surface area contributed by atoms with Crippen molar-refractivity contribution in [2.45, 2.75) is 44.7 Å². The summed E-state index contributed by atoms with van der Waals surface area (Å²) < 4.78 is 2.12.